The molecule has 1 fully saturated rings. The Bertz CT molecular complexity index is 694. The number of hydrogen-bond donors (Lipinski definition) is 2. The van der Waals surface area contributed by atoms with Gasteiger partial charge < -0.3 is 14.8 Å². The van der Waals surface area contributed by atoms with Crippen molar-refractivity contribution in [3.63, 3.8) is 0 Å². The number of hydrogen-bond acceptors (Lipinski definition) is 5. The molecule has 1 aliphatic rings. The van der Waals surface area contributed by atoms with Gasteiger partial charge in [-0.1, -0.05) is 24.0 Å². The molecule has 0 saturated carbocycles. The van der Waals surface area contributed by atoms with E-state index >= 15 is 0 Å². The van der Waals surface area contributed by atoms with Gasteiger partial charge in [-0.25, -0.2) is 4.79 Å². The third-order valence-corrected chi connectivity index (χ3v) is 4.38. The molecule has 1 aromatic heterocycles. The summed E-state index contributed by atoms with van der Waals surface area (Å²) < 4.78 is 1.83. The van der Waals surface area contributed by atoms with Gasteiger partial charge in [0.25, 0.3) is 5.91 Å². The molecule has 1 aromatic rings. The highest BCUT2D eigenvalue weighted by molar-refractivity contribution is 8.26. The number of carbonyl (C=O) groups excluding carboxylic acids is 1. The summed E-state index contributed by atoms with van der Waals surface area (Å²) in [6.45, 7) is 0. The van der Waals surface area contributed by atoms with E-state index in [1.807, 2.05) is 0 Å². The number of thiocarbonyl (C=S) groups is 1. The number of aryl methyl sites for hydroxylation is 1. The standard InChI is InChI=1S/C13H12N2O5S2/c1-14-4-2-3-7(14)5-9-11(18)15(13(21)22-9)8(12(19)20)6-10(16)17/h2-5,8H,6H2,1H3,(H,16,17)(H,19,20)/b9-5-/t8-/m1/s1. The predicted octanol–water partition coefficient (Wildman–Crippen LogP) is 1.15. The summed E-state index contributed by atoms with van der Waals surface area (Å²) in [5, 5.41) is 18.0. The lowest BCUT2D eigenvalue weighted by atomic mass is 10.2. The van der Waals surface area contributed by atoms with Crippen LogP contribution in [0.5, 0.6) is 0 Å². The largest absolute Gasteiger partial charge is 0.481 e. The van der Waals surface area contributed by atoms with Gasteiger partial charge in [0.2, 0.25) is 0 Å². The van der Waals surface area contributed by atoms with Crippen molar-refractivity contribution in [2.75, 3.05) is 0 Å². The van der Waals surface area contributed by atoms with Crippen LogP contribution in [0.2, 0.25) is 0 Å². The zero-order valence-electron chi connectivity index (χ0n) is 11.4. The highest BCUT2D eigenvalue weighted by atomic mass is 32.2. The molecule has 0 spiro atoms. The monoisotopic (exact) mass is 340 g/mol. The molecule has 116 valence electrons. The summed E-state index contributed by atoms with van der Waals surface area (Å²) in [7, 11) is 1.80. The van der Waals surface area contributed by atoms with Crippen LogP contribution in [0.3, 0.4) is 0 Å². The summed E-state index contributed by atoms with van der Waals surface area (Å²) in [4.78, 5) is 35.5. The second-order valence-corrected chi connectivity index (χ2v) is 6.22. The molecule has 7 nitrogen and oxygen atoms in total. The zero-order valence-corrected chi connectivity index (χ0v) is 13.1. The van der Waals surface area contributed by atoms with Crippen LogP contribution in [0.25, 0.3) is 6.08 Å². The van der Waals surface area contributed by atoms with Crippen molar-refractivity contribution >= 4 is 52.2 Å². The lowest BCUT2D eigenvalue weighted by molar-refractivity contribution is -0.150. The van der Waals surface area contributed by atoms with Gasteiger partial charge in [0, 0.05) is 18.9 Å². The number of aliphatic carboxylic acids is 2. The van der Waals surface area contributed by atoms with Gasteiger partial charge in [-0.05, 0) is 18.2 Å². The van der Waals surface area contributed by atoms with Crippen molar-refractivity contribution in [1.29, 1.82) is 0 Å². The molecule has 9 heteroatoms. The average Bonchev–Trinajstić information content (AvgIpc) is 2.93. The number of rotatable bonds is 5. The number of nitrogens with zero attached hydrogens (tertiary/aromatic N) is 2. The van der Waals surface area contributed by atoms with Crippen LogP contribution in [0.15, 0.2) is 23.2 Å². The normalized spacial score (nSPS) is 18.0. The molecule has 0 aliphatic carbocycles. The Hall–Kier alpha value is -2.13. The molecule has 2 heterocycles. The Morgan fingerprint density at radius 3 is 2.64 bits per heavy atom. The molecule has 0 aromatic carbocycles. The van der Waals surface area contributed by atoms with Crippen LogP contribution in [0.4, 0.5) is 0 Å². The minimum absolute atomic E-state index is 0.0408. The first-order valence-electron chi connectivity index (χ1n) is 6.14. The molecular formula is C13H12N2O5S2. The van der Waals surface area contributed by atoms with E-state index in [1.165, 1.54) is 0 Å². The van der Waals surface area contributed by atoms with Crippen LogP contribution in [0.1, 0.15) is 12.1 Å². The Kier molecular flexibility index (Phi) is 4.67. The number of amides is 1. The van der Waals surface area contributed by atoms with E-state index in [0.717, 1.165) is 22.4 Å². The fourth-order valence-corrected chi connectivity index (χ4v) is 3.30. The molecule has 2 N–H and O–H groups in total. The fraction of sp³-hybridized carbons (Fsp3) is 0.231. The first-order chi connectivity index (χ1) is 10.3. The molecule has 22 heavy (non-hydrogen) atoms. The van der Waals surface area contributed by atoms with Crippen molar-refractivity contribution in [2.45, 2.75) is 12.5 Å². The second-order valence-electron chi connectivity index (χ2n) is 4.55. The van der Waals surface area contributed by atoms with Crippen molar-refractivity contribution in [3.8, 4) is 0 Å². The van der Waals surface area contributed by atoms with Crippen LogP contribution in [0, 0.1) is 0 Å². The van der Waals surface area contributed by atoms with Crippen LogP contribution in [-0.4, -0.2) is 47.9 Å². The van der Waals surface area contributed by atoms with Gasteiger partial charge in [0.1, 0.15) is 10.4 Å². The Morgan fingerprint density at radius 2 is 2.14 bits per heavy atom. The molecule has 1 aliphatic heterocycles. The molecule has 1 amide bonds. The SMILES string of the molecule is Cn1cccc1/C=C1\SC(=S)N([C@H](CC(=O)O)C(=O)O)C1=O. The van der Waals surface area contributed by atoms with Gasteiger partial charge >= 0.3 is 11.9 Å². The maximum atomic E-state index is 12.4. The third-order valence-electron chi connectivity index (χ3n) is 3.05. The number of aromatic nitrogens is 1. The number of thioether (sulfide) groups is 1. The molecule has 0 unspecified atom stereocenters. The van der Waals surface area contributed by atoms with Gasteiger partial charge in [0.05, 0.1) is 11.3 Å². The summed E-state index contributed by atoms with van der Waals surface area (Å²) in [6, 6.07) is 2.08. The lowest BCUT2D eigenvalue weighted by Crippen LogP contribution is -2.45. The van der Waals surface area contributed by atoms with E-state index in [-0.39, 0.29) is 9.23 Å². The molecular weight excluding hydrogens is 328 g/mol. The highest BCUT2D eigenvalue weighted by Gasteiger charge is 2.41. The minimum atomic E-state index is -1.51. The van der Waals surface area contributed by atoms with Gasteiger partial charge in [-0.3, -0.25) is 14.5 Å². The van der Waals surface area contributed by atoms with E-state index < -0.39 is 30.3 Å². The zero-order chi connectivity index (χ0) is 16.4. The smallest absolute Gasteiger partial charge is 0.327 e. The van der Waals surface area contributed by atoms with Crippen molar-refractivity contribution in [1.82, 2.24) is 9.47 Å². The van der Waals surface area contributed by atoms with E-state index in [4.69, 9.17) is 22.4 Å². The second kappa shape index (κ2) is 6.32. The number of carboxylic acids is 2. The summed E-state index contributed by atoms with van der Waals surface area (Å²) in [6.07, 6.45) is 2.69. The fourth-order valence-electron chi connectivity index (χ4n) is 1.96. The van der Waals surface area contributed by atoms with Crippen LogP contribution < -0.4 is 0 Å². The maximum absolute atomic E-state index is 12.4. The van der Waals surface area contributed by atoms with E-state index in [2.05, 4.69) is 0 Å². The molecule has 0 radical (unpaired) electrons. The molecule has 2 rings (SSSR count). The van der Waals surface area contributed by atoms with E-state index in [9.17, 15) is 14.4 Å². The summed E-state index contributed by atoms with van der Waals surface area (Å²) >= 11 is 6.00. The quantitative estimate of drug-likeness (QED) is 0.613. The van der Waals surface area contributed by atoms with Crippen LogP contribution in [-0.2, 0) is 21.4 Å². The lowest BCUT2D eigenvalue weighted by Gasteiger charge is -2.21. The van der Waals surface area contributed by atoms with Gasteiger partial charge in [-0.15, -0.1) is 0 Å². The van der Waals surface area contributed by atoms with Crippen molar-refractivity contribution in [3.05, 3.63) is 28.9 Å². The molecule has 1 saturated heterocycles. The van der Waals surface area contributed by atoms with Gasteiger partial charge in [0.15, 0.2) is 0 Å². The minimum Gasteiger partial charge on any atom is -0.481 e. The van der Waals surface area contributed by atoms with E-state index in [0.29, 0.717) is 0 Å². The Balaban J connectivity index is 2.32. The Morgan fingerprint density at radius 1 is 1.45 bits per heavy atom. The number of carbonyl (C=O) groups is 3. The Labute approximate surface area is 135 Å². The third kappa shape index (κ3) is 3.20. The van der Waals surface area contributed by atoms with E-state index in [1.54, 1.807) is 36.0 Å². The van der Waals surface area contributed by atoms with Gasteiger partial charge in [-0.2, -0.15) is 0 Å². The topological polar surface area (TPSA) is 99.8 Å². The first-order valence-corrected chi connectivity index (χ1v) is 7.36. The molecule has 0 bridgehead atoms. The summed E-state index contributed by atoms with van der Waals surface area (Å²) in [5.74, 6) is -3.31. The summed E-state index contributed by atoms with van der Waals surface area (Å²) in [5.41, 5.74) is 0.755. The average molecular weight is 340 g/mol. The predicted molar refractivity (Wildman–Crippen MR) is 84.1 cm³/mol. The molecule has 1 atom stereocenters. The number of carboxylic acid groups (broad SMARTS) is 2. The van der Waals surface area contributed by atoms with Crippen molar-refractivity contribution < 1.29 is 24.6 Å². The highest BCUT2D eigenvalue weighted by Crippen LogP contribution is 2.34. The maximum Gasteiger partial charge on any atom is 0.327 e. The van der Waals surface area contributed by atoms with Crippen LogP contribution >= 0.6 is 24.0 Å². The van der Waals surface area contributed by atoms with Crippen molar-refractivity contribution in [2.24, 2.45) is 7.05 Å². The first kappa shape index (κ1) is 16.2.